The molecule has 6 aliphatic carbocycles. The summed E-state index contributed by atoms with van der Waals surface area (Å²) in [6.45, 7) is 7.97. The molecule has 0 aromatic rings. The summed E-state index contributed by atoms with van der Waals surface area (Å²) in [6.07, 6.45) is 8.91. The van der Waals surface area contributed by atoms with Crippen molar-refractivity contribution in [2.75, 3.05) is 0 Å². The standard InChI is InChI=1S/C23H34O3/c1-5-21(3,4)20(24)25-12(2)26-23-11-14-8-16-15-6-13-7-17(23)19(15)22(16,10-14)18(23)9-13/h12-19H,5-11H2,1-4H3. The average molecular weight is 359 g/mol. The Labute approximate surface area is 157 Å². The molecule has 0 amide bonds. The van der Waals surface area contributed by atoms with Crippen LogP contribution in [0.1, 0.15) is 72.6 Å². The molecule has 144 valence electrons. The lowest BCUT2D eigenvalue weighted by atomic mass is 9.45. The lowest BCUT2D eigenvalue weighted by Crippen LogP contribution is -2.55. The van der Waals surface area contributed by atoms with Crippen LogP contribution in [-0.2, 0) is 14.3 Å². The van der Waals surface area contributed by atoms with Crippen LogP contribution in [0.4, 0.5) is 0 Å². The van der Waals surface area contributed by atoms with E-state index in [1.165, 1.54) is 38.5 Å². The molecule has 0 radical (unpaired) electrons. The number of esters is 1. The highest BCUT2D eigenvalue weighted by Crippen LogP contribution is 2.88. The van der Waals surface area contributed by atoms with Crippen LogP contribution in [-0.4, -0.2) is 17.9 Å². The summed E-state index contributed by atoms with van der Waals surface area (Å²) in [5.74, 6) is 6.21. The van der Waals surface area contributed by atoms with E-state index in [1.54, 1.807) is 0 Å². The Morgan fingerprint density at radius 1 is 1.12 bits per heavy atom. The molecule has 1 spiro atoms. The number of fused-ring (bicyclic) bond motifs is 3. The van der Waals surface area contributed by atoms with Crippen LogP contribution in [0.3, 0.4) is 0 Å². The largest absolute Gasteiger partial charge is 0.436 e. The maximum absolute atomic E-state index is 12.6. The van der Waals surface area contributed by atoms with Gasteiger partial charge < -0.3 is 9.47 Å². The first-order valence-corrected chi connectivity index (χ1v) is 11.2. The van der Waals surface area contributed by atoms with E-state index in [4.69, 9.17) is 9.47 Å². The molecule has 26 heavy (non-hydrogen) atoms. The second kappa shape index (κ2) is 4.70. The Morgan fingerprint density at radius 3 is 2.65 bits per heavy atom. The van der Waals surface area contributed by atoms with Crippen molar-refractivity contribution >= 4 is 5.97 Å². The predicted molar refractivity (Wildman–Crippen MR) is 98.0 cm³/mol. The number of hydrogen-bond acceptors (Lipinski definition) is 3. The minimum atomic E-state index is -0.420. The van der Waals surface area contributed by atoms with Crippen LogP contribution >= 0.6 is 0 Å². The quantitative estimate of drug-likeness (QED) is 0.524. The van der Waals surface area contributed by atoms with Crippen molar-refractivity contribution in [3.63, 3.8) is 0 Å². The second-order valence-electron chi connectivity index (χ2n) is 11.4. The monoisotopic (exact) mass is 358 g/mol. The molecule has 10 atom stereocenters. The lowest BCUT2D eigenvalue weighted by Gasteiger charge is -2.59. The molecule has 6 fully saturated rings. The Balaban J connectivity index is 1.30. The zero-order valence-electron chi connectivity index (χ0n) is 16.8. The van der Waals surface area contributed by atoms with Gasteiger partial charge in [-0.15, -0.1) is 0 Å². The first-order valence-electron chi connectivity index (χ1n) is 11.2. The van der Waals surface area contributed by atoms with Crippen LogP contribution in [0.2, 0.25) is 0 Å². The van der Waals surface area contributed by atoms with Gasteiger partial charge in [-0.2, -0.15) is 0 Å². The van der Waals surface area contributed by atoms with Gasteiger partial charge in [0.25, 0.3) is 0 Å². The molecule has 0 N–H and O–H groups in total. The molecule has 6 saturated carbocycles. The summed E-state index contributed by atoms with van der Waals surface area (Å²) < 4.78 is 12.7. The molecular weight excluding hydrogens is 324 g/mol. The van der Waals surface area contributed by atoms with Crippen molar-refractivity contribution in [1.29, 1.82) is 0 Å². The first kappa shape index (κ1) is 16.4. The van der Waals surface area contributed by atoms with Crippen molar-refractivity contribution in [3.05, 3.63) is 0 Å². The smallest absolute Gasteiger partial charge is 0.313 e. The fourth-order valence-electron chi connectivity index (χ4n) is 9.47. The molecule has 0 saturated heterocycles. The third kappa shape index (κ3) is 1.62. The van der Waals surface area contributed by atoms with Gasteiger partial charge in [0.15, 0.2) is 0 Å². The Hall–Kier alpha value is -0.570. The summed E-state index contributed by atoms with van der Waals surface area (Å²) in [4.78, 5) is 12.6. The van der Waals surface area contributed by atoms with E-state index in [9.17, 15) is 4.79 Å². The van der Waals surface area contributed by atoms with Crippen LogP contribution < -0.4 is 0 Å². The number of rotatable bonds is 5. The normalized spacial score (nSPS) is 55.8. The summed E-state index contributed by atoms with van der Waals surface area (Å²) in [6, 6.07) is 0. The summed E-state index contributed by atoms with van der Waals surface area (Å²) >= 11 is 0. The summed E-state index contributed by atoms with van der Waals surface area (Å²) in [5.41, 5.74) is 0.247. The van der Waals surface area contributed by atoms with Gasteiger partial charge in [0.2, 0.25) is 6.29 Å². The van der Waals surface area contributed by atoms with Gasteiger partial charge in [-0.1, -0.05) is 6.92 Å². The summed E-state index contributed by atoms with van der Waals surface area (Å²) in [7, 11) is 0. The van der Waals surface area contributed by atoms with E-state index in [-0.39, 0.29) is 11.6 Å². The molecule has 0 aromatic carbocycles. The van der Waals surface area contributed by atoms with Gasteiger partial charge in [-0.05, 0) is 113 Å². The number of hydrogen-bond donors (Lipinski definition) is 0. The highest BCUT2D eigenvalue weighted by molar-refractivity contribution is 5.75. The molecule has 0 aromatic heterocycles. The van der Waals surface area contributed by atoms with Gasteiger partial charge >= 0.3 is 5.97 Å². The topological polar surface area (TPSA) is 35.5 Å². The fourth-order valence-corrected chi connectivity index (χ4v) is 9.47. The van der Waals surface area contributed by atoms with E-state index in [2.05, 4.69) is 6.92 Å². The lowest BCUT2D eigenvalue weighted by molar-refractivity contribution is -0.253. The second-order valence-corrected chi connectivity index (χ2v) is 11.4. The molecule has 6 rings (SSSR count). The molecule has 3 heteroatoms. The number of ether oxygens (including phenoxy) is 2. The van der Waals surface area contributed by atoms with Gasteiger partial charge in [0.05, 0.1) is 11.0 Å². The Morgan fingerprint density at radius 2 is 1.88 bits per heavy atom. The SMILES string of the molecule is CCC(C)(C)C(=O)OC(C)OC12CC3CC4C5CC6CC1C5C4(C3)C2C6. The van der Waals surface area contributed by atoms with Crippen LogP contribution in [0.15, 0.2) is 0 Å². The van der Waals surface area contributed by atoms with Gasteiger partial charge in [-0.3, -0.25) is 4.79 Å². The zero-order valence-corrected chi connectivity index (χ0v) is 16.8. The molecule has 10 unspecified atom stereocenters. The third-order valence-electron chi connectivity index (χ3n) is 10.3. The average Bonchev–Trinajstić information content (AvgIpc) is 2.75. The molecule has 0 heterocycles. The van der Waals surface area contributed by atoms with E-state index in [0.29, 0.717) is 5.41 Å². The van der Waals surface area contributed by atoms with Crippen LogP contribution in [0.25, 0.3) is 0 Å². The minimum absolute atomic E-state index is 0.0318. The first-order chi connectivity index (χ1) is 12.3. The van der Waals surface area contributed by atoms with Gasteiger partial charge in [0.1, 0.15) is 0 Å². The Bertz CT molecular complexity index is 670. The Kier molecular flexibility index (Phi) is 2.96. The zero-order chi connectivity index (χ0) is 18.1. The van der Waals surface area contributed by atoms with Crippen molar-refractivity contribution < 1.29 is 14.3 Å². The maximum Gasteiger partial charge on any atom is 0.313 e. The highest BCUT2D eigenvalue weighted by Gasteiger charge is 2.85. The van der Waals surface area contributed by atoms with Gasteiger partial charge in [0, 0.05) is 0 Å². The molecule has 6 aliphatic rings. The van der Waals surface area contributed by atoms with E-state index in [1.807, 2.05) is 20.8 Å². The molecule has 6 bridgehead atoms. The van der Waals surface area contributed by atoms with Crippen molar-refractivity contribution in [2.24, 2.45) is 52.3 Å². The van der Waals surface area contributed by atoms with Crippen molar-refractivity contribution in [2.45, 2.75) is 84.5 Å². The van der Waals surface area contributed by atoms with E-state index >= 15 is 0 Å². The van der Waals surface area contributed by atoms with Crippen LogP contribution in [0, 0.1) is 52.3 Å². The number of carbonyl (C=O) groups excluding carboxylic acids is 1. The maximum atomic E-state index is 12.6. The van der Waals surface area contributed by atoms with Crippen molar-refractivity contribution in [1.82, 2.24) is 0 Å². The fraction of sp³-hybridized carbons (Fsp3) is 0.957. The predicted octanol–water partition coefficient (Wildman–Crippen LogP) is 4.79. The molecule has 3 nitrogen and oxygen atoms in total. The highest BCUT2D eigenvalue weighted by atomic mass is 16.7. The van der Waals surface area contributed by atoms with E-state index in [0.717, 1.165) is 47.8 Å². The van der Waals surface area contributed by atoms with Crippen LogP contribution in [0.5, 0.6) is 0 Å². The minimum Gasteiger partial charge on any atom is -0.436 e. The van der Waals surface area contributed by atoms with Gasteiger partial charge in [-0.25, -0.2) is 0 Å². The van der Waals surface area contributed by atoms with Crippen molar-refractivity contribution in [3.8, 4) is 0 Å². The molecular formula is C23H34O3. The van der Waals surface area contributed by atoms with E-state index < -0.39 is 11.7 Å². The summed E-state index contributed by atoms with van der Waals surface area (Å²) in [5, 5.41) is 0. The third-order valence-corrected chi connectivity index (χ3v) is 10.3. The molecule has 0 aliphatic heterocycles. The number of carbonyl (C=O) groups is 1.